The summed E-state index contributed by atoms with van der Waals surface area (Å²) in [7, 11) is 3.15. The number of aromatic nitrogens is 1. The number of Topliss-reactive ketones (excluding diaryl/α,β-unsaturated/α-hetero) is 1. The zero-order valence-corrected chi connectivity index (χ0v) is 22.1. The summed E-state index contributed by atoms with van der Waals surface area (Å²) in [5.74, 6) is 1.14. The lowest BCUT2D eigenvalue weighted by Gasteiger charge is -2.32. The van der Waals surface area contributed by atoms with Crippen molar-refractivity contribution in [3.63, 3.8) is 0 Å². The lowest BCUT2D eigenvalue weighted by Crippen LogP contribution is -2.35. The fourth-order valence-electron chi connectivity index (χ4n) is 5.06. The monoisotopic (exact) mass is 513 g/mol. The maximum Gasteiger partial charge on any atom is 0.263 e. The van der Waals surface area contributed by atoms with Gasteiger partial charge in [-0.3, -0.25) is 14.2 Å². The first-order chi connectivity index (χ1) is 17.7. The van der Waals surface area contributed by atoms with Gasteiger partial charge in [0.15, 0.2) is 5.78 Å². The molecule has 1 heterocycles. The minimum atomic E-state index is -0.277. The smallest absolute Gasteiger partial charge is 0.263 e. The van der Waals surface area contributed by atoms with E-state index in [0.29, 0.717) is 51.9 Å². The molecule has 1 aliphatic carbocycles. The number of methoxy groups -OCH3 is 2. The zero-order chi connectivity index (χ0) is 26.3. The van der Waals surface area contributed by atoms with Crippen molar-refractivity contribution < 1.29 is 14.3 Å². The lowest BCUT2D eigenvalue weighted by atomic mass is 9.75. The van der Waals surface area contributed by atoms with Gasteiger partial charge in [-0.25, -0.2) is 0 Å². The van der Waals surface area contributed by atoms with Crippen LogP contribution in [0.1, 0.15) is 36.3 Å². The van der Waals surface area contributed by atoms with Gasteiger partial charge in [-0.2, -0.15) is 0 Å². The van der Waals surface area contributed by atoms with E-state index in [4.69, 9.17) is 21.1 Å². The van der Waals surface area contributed by atoms with Crippen LogP contribution in [-0.2, 0) is 6.42 Å². The Bertz CT molecular complexity index is 1570. The molecular weight excluding hydrogens is 486 g/mol. The molecule has 0 spiro atoms. The first-order valence-corrected chi connectivity index (χ1v) is 12.5. The van der Waals surface area contributed by atoms with Gasteiger partial charge in [0.05, 0.1) is 19.9 Å². The highest BCUT2D eigenvalue weighted by Crippen LogP contribution is 2.38. The Kier molecular flexibility index (Phi) is 6.42. The number of hydrogen-bond acceptors (Lipinski definition) is 4. The molecule has 0 N–H and O–H groups in total. The van der Waals surface area contributed by atoms with E-state index in [0.717, 1.165) is 16.7 Å². The third-order valence-corrected chi connectivity index (χ3v) is 7.12. The van der Waals surface area contributed by atoms with Gasteiger partial charge in [0.2, 0.25) is 0 Å². The molecule has 188 valence electrons. The second-order valence-electron chi connectivity index (χ2n) is 10.1. The normalized spacial score (nSPS) is 14.2. The number of ketones is 1. The highest BCUT2D eigenvalue weighted by Gasteiger charge is 2.35. The highest BCUT2D eigenvalue weighted by molar-refractivity contribution is 6.30. The summed E-state index contributed by atoms with van der Waals surface area (Å²) in [5, 5.41) is 0.658. The Morgan fingerprint density at radius 1 is 0.784 bits per heavy atom. The van der Waals surface area contributed by atoms with Crippen LogP contribution >= 0.6 is 11.6 Å². The van der Waals surface area contributed by atoms with Crippen LogP contribution in [0.3, 0.4) is 0 Å². The summed E-state index contributed by atoms with van der Waals surface area (Å²) in [5.41, 5.74) is 4.42. The molecule has 1 aliphatic rings. The second-order valence-corrected chi connectivity index (χ2v) is 10.6. The van der Waals surface area contributed by atoms with Crippen LogP contribution in [0.2, 0.25) is 5.02 Å². The summed E-state index contributed by atoms with van der Waals surface area (Å²) in [4.78, 5) is 27.7. The van der Waals surface area contributed by atoms with Gasteiger partial charge in [0, 0.05) is 34.3 Å². The van der Waals surface area contributed by atoms with Gasteiger partial charge in [0.25, 0.3) is 5.56 Å². The molecule has 37 heavy (non-hydrogen) atoms. The van der Waals surface area contributed by atoms with E-state index >= 15 is 0 Å². The summed E-state index contributed by atoms with van der Waals surface area (Å²) in [6.45, 7) is 4.10. The fraction of sp³-hybridized carbons (Fsp3) is 0.226. The van der Waals surface area contributed by atoms with Crippen LogP contribution in [0.25, 0.3) is 27.9 Å². The van der Waals surface area contributed by atoms with Crippen LogP contribution in [0, 0.1) is 5.41 Å². The number of ether oxygens (including phenoxy) is 2. The number of halogens is 1. The van der Waals surface area contributed by atoms with Crippen molar-refractivity contribution in [3.8, 4) is 39.4 Å². The van der Waals surface area contributed by atoms with Gasteiger partial charge in [-0.15, -0.1) is 0 Å². The lowest BCUT2D eigenvalue weighted by molar-refractivity contribution is 0.0909. The predicted molar refractivity (Wildman–Crippen MR) is 147 cm³/mol. The molecule has 5 rings (SSSR count). The molecule has 5 nitrogen and oxygen atoms in total. The van der Waals surface area contributed by atoms with Crippen molar-refractivity contribution >= 4 is 17.4 Å². The molecule has 4 aromatic rings. The van der Waals surface area contributed by atoms with E-state index in [9.17, 15) is 9.59 Å². The van der Waals surface area contributed by atoms with E-state index in [2.05, 4.69) is 13.8 Å². The molecule has 0 fully saturated rings. The Hall–Kier alpha value is -3.83. The molecule has 3 aromatic carbocycles. The van der Waals surface area contributed by atoms with E-state index in [-0.39, 0.29) is 16.8 Å². The Morgan fingerprint density at radius 2 is 1.51 bits per heavy atom. The molecular formula is C31H28ClNO4. The second kappa shape index (κ2) is 9.56. The standard InChI is InChI=1S/C31H28ClNO4/c1-31(2)17-27-25(28(34)18-31)16-24(21-7-5-6-20(14-21)19-8-10-22(32)11-9-19)30(35)33(27)26-15-23(36-3)12-13-29(26)37-4/h5-16H,17-18H2,1-4H3. The molecule has 0 bridgehead atoms. The number of fused-ring (bicyclic) bond motifs is 1. The third-order valence-electron chi connectivity index (χ3n) is 6.87. The predicted octanol–water partition coefficient (Wildman–Crippen LogP) is 7.00. The van der Waals surface area contributed by atoms with Crippen molar-refractivity contribution in [1.29, 1.82) is 0 Å². The average Bonchev–Trinajstić information content (AvgIpc) is 2.88. The number of benzene rings is 3. The van der Waals surface area contributed by atoms with Gasteiger partial charge in [0.1, 0.15) is 11.5 Å². The highest BCUT2D eigenvalue weighted by atomic mass is 35.5. The maximum atomic E-state index is 14.3. The van der Waals surface area contributed by atoms with Gasteiger partial charge < -0.3 is 9.47 Å². The molecule has 6 heteroatoms. The number of carbonyl (C=O) groups is 1. The summed E-state index contributed by atoms with van der Waals surface area (Å²) < 4.78 is 12.7. The van der Waals surface area contributed by atoms with E-state index in [1.54, 1.807) is 43.1 Å². The fourth-order valence-corrected chi connectivity index (χ4v) is 5.18. The molecule has 0 atom stereocenters. The molecule has 0 saturated carbocycles. The number of pyridine rings is 1. The summed E-state index contributed by atoms with van der Waals surface area (Å²) in [6.07, 6.45) is 0.993. The van der Waals surface area contributed by atoms with Gasteiger partial charge in [-0.05, 0) is 64.9 Å². The first-order valence-electron chi connectivity index (χ1n) is 12.1. The van der Waals surface area contributed by atoms with Crippen molar-refractivity contribution in [2.45, 2.75) is 26.7 Å². The minimum Gasteiger partial charge on any atom is -0.497 e. The Morgan fingerprint density at radius 3 is 2.22 bits per heavy atom. The van der Waals surface area contributed by atoms with Crippen molar-refractivity contribution in [3.05, 3.63) is 99.4 Å². The molecule has 0 saturated heterocycles. The van der Waals surface area contributed by atoms with Gasteiger partial charge in [-0.1, -0.05) is 55.8 Å². The zero-order valence-electron chi connectivity index (χ0n) is 21.3. The molecule has 1 aromatic heterocycles. The van der Waals surface area contributed by atoms with Crippen molar-refractivity contribution in [1.82, 2.24) is 4.57 Å². The Labute approximate surface area is 221 Å². The topological polar surface area (TPSA) is 57.5 Å². The van der Waals surface area contributed by atoms with Gasteiger partial charge >= 0.3 is 0 Å². The van der Waals surface area contributed by atoms with Crippen LogP contribution in [-0.4, -0.2) is 24.6 Å². The molecule has 0 unspecified atom stereocenters. The number of rotatable bonds is 5. The van der Waals surface area contributed by atoms with E-state index in [1.807, 2.05) is 48.5 Å². The number of carbonyl (C=O) groups excluding carboxylic acids is 1. The van der Waals surface area contributed by atoms with Crippen LogP contribution in [0.15, 0.2) is 77.6 Å². The van der Waals surface area contributed by atoms with Crippen LogP contribution < -0.4 is 15.0 Å². The minimum absolute atomic E-state index is 0.0250. The average molecular weight is 514 g/mol. The van der Waals surface area contributed by atoms with E-state index in [1.165, 1.54) is 0 Å². The summed E-state index contributed by atoms with van der Waals surface area (Å²) >= 11 is 6.07. The third kappa shape index (κ3) is 4.67. The number of hydrogen-bond donors (Lipinski definition) is 0. The molecule has 0 amide bonds. The number of nitrogens with zero attached hydrogens (tertiary/aromatic N) is 1. The molecule has 0 radical (unpaired) electrons. The SMILES string of the molecule is COc1ccc(OC)c(-n2c3c(cc(-c4cccc(-c5ccc(Cl)cc5)c4)c2=O)C(=O)CC(C)(C)C3)c1. The first kappa shape index (κ1) is 24.8. The molecule has 0 aliphatic heterocycles. The van der Waals surface area contributed by atoms with Crippen LogP contribution in [0.5, 0.6) is 11.5 Å². The van der Waals surface area contributed by atoms with Crippen molar-refractivity contribution in [2.24, 2.45) is 5.41 Å². The van der Waals surface area contributed by atoms with Crippen LogP contribution in [0.4, 0.5) is 0 Å². The van der Waals surface area contributed by atoms with E-state index < -0.39 is 0 Å². The maximum absolute atomic E-state index is 14.3. The van der Waals surface area contributed by atoms with Crippen molar-refractivity contribution in [2.75, 3.05) is 14.2 Å². The largest absolute Gasteiger partial charge is 0.497 e. The Balaban J connectivity index is 1.79. The quantitative estimate of drug-likeness (QED) is 0.288. The summed E-state index contributed by atoms with van der Waals surface area (Å²) in [6, 6.07) is 22.4.